The SMILES string of the molecule is N.OCCOCCOP. The van der Waals surface area contributed by atoms with E-state index in [1.54, 1.807) is 0 Å². The average molecular weight is 155 g/mol. The molecule has 5 heteroatoms. The first-order valence-corrected chi connectivity index (χ1v) is 2.89. The Morgan fingerprint density at radius 3 is 2.33 bits per heavy atom. The van der Waals surface area contributed by atoms with Gasteiger partial charge >= 0.3 is 0 Å². The number of aliphatic hydroxyl groups excluding tert-OH is 1. The highest BCUT2D eigenvalue weighted by Crippen LogP contribution is 1.83. The van der Waals surface area contributed by atoms with Crippen molar-refractivity contribution in [3.05, 3.63) is 0 Å². The first-order valence-electron chi connectivity index (χ1n) is 2.42. The van der Waals surface area contributed by atoms with Crippen LogP contribution in [0.4, 0.5) is 0 Å². The summed E-state index contributed by atoms with van der Waals surface area (Å²) in [6.07, 6.45) is 0. The summed E-state index contributed by atoms with van der Waals surface area (Å²) in [5, 5.41) is 8.19. The lowest BCUT2D eigenvalue weighted by molar-refractivity contribution is 0.0745. The van der Waals surface area contributed by atoms with E-state index in [1.807, 2.05) is 0 Å². The Labute approximate surface area is 57.4 Å². The normalized spacial score (nSPS) is 8.67. The summed E-state index contributed by atoms with van der Waals surface area (Å²) >= 11 is 0. The van der Waals surface area contributed by atoms with E-state index in [9.17, 15) is 0 Å². The van der Waals surface area contributed by atoms with Gasteiger partial charge < -0.3 is 20.5 Å². The fraction of sp³-hybridized carbons (Fsp3) is 1.00. The molecule has 0 saturated carbocycles. The zero-order valence-electron chi connectivity index (χ0n) is 5.38. The Kier molecular flexibility index (Phi) is 14.8. The van der Waals surface area contributed by atoms with Crippen LogP contribution in [0.25, 0.3) is 0 Å². The standard InChI is InChI=1S/C4H11O3P.H3N/c5-1-2-6-3-4-7-8;/h5H,1-4,8H2;1H3. The summed E-state index contributed by atoms with van der Waals surface area (Å²) in [5.74, 6) is 0. The molecule has 0 aliphatic heterocycles. The minimum absolute atomic E-state index is 0. The number of rotatable bonds is 5. The maximum Gasteiger partial charge on any atom is 0.0736 e. The van der Waals surface area contributed by atoms with E-state index in [0.717, 1.165) is 0 Å². The average Bonchev–Trinajstić information content (AvgIpc) is 1.81. The molecule has 0 aliphatic rings. The first-order chi connectivity index (χ1) is 3.91. The molecule has 0 aromatic carbocycles. The van der Waals surface area contributed by atoms with Crippen molar-refractivity contribution in [3.8, 4) is 0 Å². The van der Waals surface area contributed by atoms with Crippen LogP contribution in [0.3, 0.4) is 0 Å². The summed E-state index contributed by atoms with van der Waals surface area (Å²) in [5.41, 5.74) is 0. The van der Waals surface area contributed by atoms with Gasteiger partial charge in [0.2, 0.25) is 0 Å². The van der Waals surface area contributed by atoms with Crippen LogP contribution in [0.5, 0.6) is 0 Å². The van der Waals surface area contributed by atoms with Gasteiger partial charge in [0.05, 0.1) is 26.4 Å². The van der Waals surface area contributed by atoms with E-state index in [2.05, 4.69) is 14.0 Å². The maximum atomic E-state index is 8.19. The van der Waals surface area contributed by atoms with Crippen molar-refractivity contribution in [2.45, 2.75) is 0 Å². The van der Waals surface area contributed by atoms with Crippen molar-refractivity contribution in [1.82, 2.24) is 6.15 Å². The van der Waals surface area contributed by atoms with Gasteiger partial charge in [-0.15, -0.1) is 0 Å². The van der Waals surface area contributed by atoms with E-state index in [0.29, 0.717) is 19.8 Å². The molecule has 0 rings (SSSR count). The van der Waals surface area contributed by atoms with E-state index < -0.39 is 0 Å². The Balaban J connectivity index is 0. The van der Waals surface area contributed by atoms with Gasteiger partial charge in [-0.05, 0) is 0 Å². The molecule has 0 fully saturated rings. The van der Waals surface area contributed by atoms with Gasteiger partial charge in [-0.2, -0.15) is 0 Å². The van der Waals surface area contributed by atoms with Crippen LogP contribution in [0, 0.1) is 0 Å². The van der Waals surface area contributed by atoms with Crippen LogP contribution in [0.2, 0.25) is 0 Å². The van der Waals surface area contributed by atoms with Crippen molar-refractivity contribution in [1.29, 1.82) is 0 Å². The highest BCUT2D eigenvalue weighted by molar-refractivity contribution is 7.09. The lowest BCUT2D eigenvalue weighted by Gasteiger charge is -1.98. The molecule has 0 amide bonds. The highest BCUT2D eigenvalue weighted by Gasteiger charge is 1.82. The first kappa shape index (κ1) is 12.0. The molecule has 1 unspecified atom stereocenters. The van der Waals surface area contributed by atoms with Crippen LogP contribution >= 0.6 is 9.47 Å². The summed E-state index contributed by atoms with van der Waals surface area (Å²) in [6, 6.07) is 0. The molecule has 0 bridgehead atoms. The Bertz CT molecular complexity index is 40.8. The lowest BCUT2D eigenvalue weighted by atomic mass is 10.7. The summed E-state index contributed by atoms with van der Waals surface area (Å²) < 4.78 is 9.43. The quantitative estimate of drug-likeness (QED) is 0.431. The summed E-state index contributed by atoms with van der Waals surface area (Å²) in [7, 11) is 2.12. The molecule has 4 nitrogen and oxygen atoms in total. The van der Waals surface area contributed by atoms with Gasteiger partial charge in [-0.25, -0.2) is 0 Å². The Hall–Kier alpha value is 0.270. The molecule has 0 heterocycles. The zero-order valence-corrected chi connectivity index (χ0v) is 6.53. The molecule has 0 saturated heterocycles. The molecule has 0 aromatic heterocycles. The smallest absolute Gasteiger partial charge is 0.0736 e. The molecule has 4 N–H and O–H groups in total. The van der Waals surface area contributed by atoms with E-state index in [-0.39, 0.29) is 12.8 Å². The zero-order chi connectivity index (χ0) is 6.24. The van der Waals surface area contributed by atoms with Gasteiger partial charge in [0, 0.05) is 9.47 Å². The second-order valence-electron chi connectivity index (χ2n) is 1.21. The predicted molar refractivity (Wildman–Crippen MR) is 38.6 cm³/mol. The molecule has 0 aliphatic carbocycles. The molecule has 58 valence electrons. The number of hydrogen-bond acceptors (Lipinski definition) is 4. The van der Waals surface area contributed by atoms with Crippen molar-refractivity contribution in [3.63, 3.8) is 0 Å². The summed E-state index contributed by atoms with van der Waals surface area (Å²) in [6.45, 7) is 1.58. The maximum absolute atomic E-state index is 8.19. The molecule has 1 atom stereocenters. The van der Waals surface area contributed by atoms with Crippen LogP contribution in [-0.2, 0) is 9.26 Å². The highest BCUT2D eigenvalue weighted by atomic mass is 31.0. The fourth-order valence-electron chi connectivity index (χ4n) is 0.274. The van der Waals surface area contributed by atoms with E-state index in [1.165, 1.54) is 0 Å². The topological polar surface area (TPSA) is 73.7 Å². The third-order valence-corrected chi connectivity index (χ3v) is 0.817. The molecule has 0 aromatic rings. The van der Waals surface area contributed by atoms with Crippen molar-refractivity contribution in [2.24, 2.45) is 0 Å². The fourth-order valence-corrected chi connectivity index (χ4v) is 0.370. The second kappa shape index (κ2) is 11.1. The van der Waals surface area contributed by atoms with Crippen LogP contribution < -0.4 is 6.15 Å². The van der Waals surface area contributed by atoms with Gasteiger partial charge in [0.15, 0.2) is 0 Å². The third kappa shape index (κ3) is 11.7. The van der Waals surface area contributed by atoms with Crippen molar-refractivity contribution in [2.75, 3.05) is 26.4 Å². The predicted octanol–water partition coefficient (Wildman–Crippen LogP) is -0.0360. The van der Waals surface area contributed by atoms with E-state index >= 15 is 0 Å². The van der Waals surface area contributed by atoms with Crippen LogP contribution in [0.15, 0.2) is 0 Å². The minimum atomic E-state index is 0. The number of hydrogen-bond donors (Lipinski definition) is 2. The number of aliphatic hydroxyl groups is 1. The van der Waals surface area contributed by atoms with Gasteiger partial charge in [0.25, 0.3) is 0 Å². The lowest BCUT2D eigenvalue weighted by Crippen LogP contribution is -2.03. The Morgan fingerprint density at radius 2 is 1.89 bits per heavy atom. The van der Waals surface area contributed by atoms with Crippen LogP contribution in [0.1, 0.15) is 0 Å². The van der Waals surface area contributed by atoms with Gasteiger partial charge in [-0.3, -0.25) is 0 Å². The van der Waals surface area contributed by atoms with Crippen molar-refractivity contribution < 1.29 is 14.4 Å². The van der Waals surface area contributed by atoms with E-state index in [4.69, 9.17) is 9.84 Å². The van der Waals surface area contributed by atoms with Crippen LogP contribution in [-0.4, -0.2) is 31.5 Å². The molecular weight excluding hydrogens is 141 g/mol. The van der Waals surface area contributed by atoms with Crippen molar-refractivity contribution >= 4 is 9.47 Å². The molecule has 0 spiro atoms. The molecule has 0 radical (unpaired) electrons. The Morgan fingerprint density at radius 1 is 1.22 bits per heavy atom. The monoisotopic (exact) mass is 155 g/mol. The van der Waals surface area contributed by atoms with Gasteiger partial charge in [0.1, 0.15) is 0 Å². The number of ether oxygens (including phenoxy) is 1. The molecular formula is C4H14NO3P. The summed E-state index contributed by atoms with van der Waals surface area (Å²) in [4.78, 5) is 0. The van der Waals surface area contributed by atoms with Gasteiger partial charge in [-0.1, -0.05) is 0 Å². The minimum Gasteiger partial charge on any atom is -0.394 e. The second-order valence-corrected chi connectivity index (χ2v) is 1.54. The third-order valence-electron chi connectivity index (χ3n) is 0.581. The largest absolute Gasteiger partial charge is 0.394 e. The molecule has 9 heavy (non-hydrogen) atoms.